The Morgan fingerprint density at radius 3 is 2.25 bits per heavy atom. The molecular formula is C48H38N2S. The molecule has 1 heterocycles. The van der Waals surface area contributed by atoms with Crippen LogP contribution in [0.1, 0.15) is 61.2 Å². The molecule has 0 radical (unpaired) electrons. The van der Waals surface area contributed by atoms with Crippen molar-refractivity contribution in [2.45, 2.75) is 44.9 Å². The molecule has 0 saturated heterocycles. The van der Waals surface area contributed by atoms with Crippen LogP contribution in [0.4, 0.5) is 17.1 Å². The van der Waals surface area contributed by atoms with Gasteiger partial charge in [-0.25, -0.2) is 4.98 Å². The number of rotatable bonds is 5. The number of fused-ring (bicyclic) bond motifs is 7. The third-order valence-electron chi connectivity index (χ3n) is 11.3. The Kier molecular flexibility index (Phi) is 7.01. The predicted octanol–water partition coefficient (Wildman–Crippen LogP) is 13.7. The third kappa shape index (κ3) is 4.79. The van der Waals surface area contributed by atoms with Gasteiger partial charge in [-0.3, -0.25) is 0 Å². The first-order valence-electron chi connectivity index (χ1n) is 18.2. The van der Waals surface area contributed by atoms with Gasteiger partial charge in [0.15, 0.2) is 0 Å². The lowest BCUT2D eigenvalue weighted by Crippen LogP contribution is -2.17. The number of anilines is 3. The molecule has 0 fully saturated rings. The Hall–Kier alpha value is -5.51. The van der Waals surface area contributed by atoms with Crippen molar-refractivity contribution in [3.63, 3.8) is 0 Å². The van der Waals surface area contributed by atoms with Gasteiger partial charge in [0.25, 0.3) is 0 Å². The highest BCUT2D eigenvalue weighted by molar-refractivity contribution is 7.19. The first-order valence-corrected chi connectivity index (χ1v) is 19.0. The largest absolute Gasteiger partial charge is 0.310 e. The fraction of sp³-hybridized carbons (Fsp3) is 0.146. The van der Waals surface area contributed by atoms with Gasteiger partial charge in [0, 0.05) is 33.1 Å². The maximum atomic E-state index is 5.19. The lowest BCUT2D eigenvalue weighted by molar-refractivity contribution is 0.608. The molecule has 3 heteroatoms. The number of hydrogen-bond donors (Lipinski definition) is 0. The van der Waals surface area contributed by atoms with Crippen molar-refractivity contribution >= 4 is 76.9 Å². The van der Waals surface area contributed by atoms with Crippen LogP contribution in [0.15, 0.2) is 151 Å². The molecule has 3 aliphatic rings. The van der Waals surface area contributed by atoms with Crippen molar-refractivity contribution in [2.24, 2.45) is 0 Å². The highest BCUT2D eigenvalue weighted by Crippen LogP contribution is 2.54. The van der Waals surface area contributed by atoms with Crippen LogP contribution < -0.4 is 4.90 Å². The van der Waals surface area contributed by atoms with Gasteiger partial charge in [0.1, 0.15) is 5.01 Å². The lowest BCUT2D eigenvalue weighted by Gasteiger charge is -2.28. The molecule has 0 amide bonds. The number of hydrogen-bond acceptors (Lipinski definition) is 3. The van der Waals surface area contributed by atoms with Gasteiger partial charge in [-0.1, -0.05) is 129 Å². The monoisotopic (exact) mass is 674 g/mol. The molecule has 2 nitrogen and oxygen atoms in total. The van der Waals surface area contributed by atoms with Crippen LogP contribution >= 0.6 is 11.3 Å². The molecule has 7 aromatic rings. The van der Waals surface area contributed by atoms with Crippen LogP contribution in [0.5, 0.6) is 0 Å². The summed E-state index contributed by atoms with van der Waals surface area (Å²) in [5.41, 5.74) is 14.4. The topological polar surface area (TPSA) is 16.1 Å². The Balaban J connectivity index is 1.08. The molecule has 0 unspecified atom stereocenters. The van der Waals surface area contributed by atoms with Crippen LogP contribution in [-0.4, -0.2) is 4.98 Å². The summed E-state index contributed by atoms with van der Waals surface area (Å²) in [4.78, 5) is 7.60. The average Bonchev–Trinajstić information content (AvgIpc) is 3.73. The van der Waals surface area contributed by atoms with E-state index < -0.39 is 0 Å². The van der Waals surface area contributed by atoms with Crippen molar-refractivity contribution in [3.05, 3.63) is 173 Å². The van der Waals surface area contributed by atoms with E-state index in [0.29, 0.717) is 0 Å². The van der Waals surface area contributed by atoms with E-state index >= 15 is 0 Å². The molecule has 0 spiro atoms. The van der Waals surface area contributed by atoms with Gasteiger partial charge in [-0.15, -0.1) is 11.3 Å². The molecule has 246 valence electrons. The highest BCUT2D eigenvalue weighted by Gasteiger charge is 2.39. The Labute approximate surface area is 303 Å². The van der Waals surface area contributed by atoms with Crippen LogP contribution in [0, 0.1) is 0 Å². The lowest BCUT2D eigenvalue weighted by atomic mass is 9.77. The van der Waals surface area contributed by atoms with Crippen molar-refractivity contribution in [1.82, 2.24) is 4.98 Å². The van der Waals surface area contributed by atoms with Crippen molar-refractivity contribution in [2.75, 3.05) is 4.90 Å². The molecule has 10 rings (SSSR count). The summed E-state index contributed by atoms with van der Waals surface area (Å²) < 4.78 is 1.24. The van der Waals surface area contributed by atoms with E-state index in [4.69, 9.17) is 4.98 Å². The number of nitrogens with zero attached hydrogens (tertiary/aromatic N) is 2. The second-order valence-electron chi connectivity index (χ2n) is 14.5. The zero-order valence-corrected chi connectivity index (χ0v) is 29.8. The Morgan fingerprint density at radius 1 is 0.647 bits per heavy atom. The van der Waals surface area contributed by atoms with Crippen molar-refractivity contribution in [1.29, 1.82) is 0 Å². The minimum atomic E-state index is 0.0614. The van der Waals surface area contributed by atoms with Crippen LogP contribution in [0.2, 0.25) is 0 Å². The number of aromatic nitrogens is 1. The maximum absolute atomic E-state index is 5.19. The van der Waals surface area contributed by atoms with E-state index in [0.717, 1.165) is 47.6 Å². The van der Waals surface area contributed by atoms with Gasteiger partial charge in [-0.05, 0) is 101 Å². The molecule has 0 bridgehead atoms. The van der Waals surface area contributed by atoms with Crippen LogP contribution in [0.3, 0.4) is 0 Å². The minimum absolute atomic E-state index is 0.0614. The zero-order chi connectivity index (χ0) is 34.1. The van der Waals surface area contributed by atoms with Gasteiger partial charge in [0.2, 0.25) is 0 Å². The predicted molar refractivity (Wildman–Crippen MR) is 219 cm³/mol. The molecule has 1 aromatic heterocycles. The molecule has 0 saturated carbocycles. The first-order chi connectivity index (χ1) is 25.1. The maximum Gasteiger partial charge on any atom is 0.124 e. The van der Waals surface area contributed by atoms with Gasteiger partial charge < -0.3 is 4.90 Å². The van der Waals surface area contributed by atoms with E-state index in [1.165, 1.54) is 65.3 Å². The number of allylic oxidation sites excluding steroid dienone is 8. The molecular weight excluding hydrogens is 637 g/mol. The molecule has 0 N–H and O–H groups in total. The summed E-state index contributed by atoms with van der Waals surface area (Å²) in [5, 5.41) is 6.02. The number of benzene rings is 6. The van der Waals surface area contributed by atoms with Crippen molar-refractivity contribution in [3.8, 4) is 0 Å². The fourth-order valence-electron chi connectivity index (χ4n) is 8.79. The van der Waals surface area contributed by atoms with E-state index in [2.05, 4.69) is 164 Å². The van der Waals surface area contributed by atoms with Crippen LogP contribution in [0.25, 0.3) is 48.5 Å². The first kappa shape index (κ1) is 30.3. The Morgan fingerprint density at radius 2 is 1.41 bits per heavy atom. The van der Waals surface area contributed by atoms with Gasteiger partial charge >= 0.3 is 0 Å². The van der Waals surface area contributed by atoms with Gasteiger partial charge in [0.05, 0.1) is 15.9 Å². The zero-order valence-electron chi connectivity index (χ0n) is 29.0. The molecule has 3 aliphatic carbocycles. The second-order valence-corrected chi connectivity index (χ2v) is 15.5. The summed E-state index contributed by atoms with van der Waals surface area (Å²) in [7, 11) is 0. The van der Waals surface area contributed by atoms with E-state index in [1.807, 2.05) is 0 Å². The summed E-state index contributed by atoms with van der Waals surface area (Å²) in [6.45, 7) is 4.80. The standard InChI is InChI=1S/C48H38N2S/c1-48(2)41-20-10-9-17-40(41)45-35(18-11-21-42(45)48)31-23-25-34(26-24-31)50(33-15-7-4-8-16-33)43-22-12-19-36-37-29-30-44-46(39(37)28-27-38(36)43)49-47(51-44)32-13-5-3-6-14-32/h4-5,7-10,12-20,22-30H,3,6,11,21H2,1-2H3. The fourth-order valence-corrected chi connectivity index (χ4v) is 9.79. The molecule has 0 aliphatic heterocycles. The van der Waals surface area contributed by atoms with E-state index in [1.54, 1.807) is 16.9 Å². The third-order valence-corrected chi connectivity index (χ3v) is 12.3. The molecule has 51 heavy (non-hydrogen) atoms. The minimum Gasteiger partial charge on any atom is -0.310 e. The Bertz CT molecular complexity index is 2650. The summed E-state index contributed by atoms with van der Waals surface area (Å²) in [6.07, 6.45) is 13.7. The summed E-state index contributed by atoms with van der Waals surface area (Å²) >= 11 is 1.79. The quantitative estimate of drug-likeness (QED) is 0.169. The summed E-state index contributed by atoms with van der Waals surface area (Å²) in [6, 6.07) is 44.9. The number of thiazole rings is 1. The molecule has 0 atom stereocenters. The van der Waals surface area contributed by atoms with Gasteiger partial charge in [-0.2, -0.15) is 0 Å². The van der Waals surface area contributed by atoms with E-state index in [-0.39, 0.29) is 5.41 Å². The van der Waals surface area contributed by atoms with Crippen LogP contribution in [-0.2, 0) is 5.41 Å². The normalized spacial score (nSPS) is 16.4. The number of para-hydroxylation sites is 1. The molecule has 6 aromatic carbocycles. The average molecular weight is 675 g/mol. The highest BCUT2D eigenvalue weighted by atomic mass is 32.1. The SMILES string of the molecule is CC1(C)C2=C(C(c3ccc(N(c4ccccc4)c4cccc5c4ccc4c5ccc5sc(C6=CCCC=C6)nc54)cc3)=CCC2)c2ccccc21. The van der Waals surface area contributed by atoms with E-state index in [9.17, 15) is 0 Å². The smallest absolute Gasteiger partial charge is 0.124 e. The second kappa shape index (κ2) is 11.8. The summed E-state index contributed by atoms with van der Waals surface area (Å²) in [5.74, 6) is 0. The van der Waals surface area contributed by atoms with Crippen molar-refractivity contribution < 1.29 is 0 Å².